The third-order valence-electron chi connectivity index (χ3n) is 2.95. The normalized spacial score (nSPS) is 21.8. The van der Waals surface area contributed by atoms with Crippen LogP contribution in [-0.4, -0.2) is 39.4 Å². The number of hydrogen-bond acceptors (Lipinski definition) is 4. The Morgan fingerprint density at radius 1 is 1.50 bits per heavy atom. The Balaban J connectivity index is 2.20. The van der Waals surface area contributed by atoms with Crippen molar-refractivity contribution < 1.29 is 14.3 Å². The van der Waals surface area contributed by atoms with Crippen molar-refractivity contribution in [1.29, 1.82) is 0 Å². The van der Waals surface area contributed by atoms with Gasteiger partial charge >= 0.3 is 5.97 Å². The van der Waals surface area contributed by atoms with Gasteiger partial charge in [0.15, 0.2) is 0 Å². The fraction of sp³-hybridized carbons (Fsp3) is 0.917. The van der Waals surface area contributed by atoms with Crippen molar-refractivity contribution in [2.75, 3.05) is 33.4 Å². The topological polar surface area (TPSA) is 47.6 Å². The minimum Gasteiger partial charge on any atom is -0.469 e. The van der Waals surface area contributed by atoms with Crippen LogP contribution in [0.2, 0.25) is 0 Å². The van der Waals surface area contributed by atoms with E-state index in [9.17, 15) is 4.79 Å². The molecule has 0 saturated carbocycles. The average Bonchev–Trinajstić information content (AvgIpc) is 2.29. The molecule has 1 aliphatic heterocycles. The quantitative estimate of drug-likeness (QED) is 0.720. The minimum absolute atomic E-state index is 0.214. The summed E-state index contributed by atoms with van der Waals surface area (Å²) in [6.07, 6.45) is 2.43. The van der Waals surface area contributed by atoms with Gasteiger partial charge in [-0.25, -0.2) is 0 Å². The first kappa shape index (κ1) is 13.5. The van der Waals surface area contributed by atoms with E-state index in [0.717, 1.165) is 19.7 Å². The Morgan fingerprint density at radius 3 is 2.81 bits per heavy atom. The molecule has 0 bridgehead atoms. The number of ether oxygens (including phenoxy) is 2. The number of methoxy groups -OCH3 is 1. The first-order chi connectivity index (χ1) is 7.56. The molecule has 94 valence electrons. The highest BCUT2D eigenvalue weighted by Crippen LogP contribution is 2.18. The molecule has 0 aromatic rings. The fourth-order valence-corrected chi connectivity index (χ4v) is 1.88. The van der Waals surface area contributed by atoms with E-state index in [4.69, 9.17) is 9.47 Å². The van der Waals surface area contributed by atoms with Crippen LogP contribution in [0.4, 0.5) is 0 Å². The molecule has 4 heteroatoms. The number of carbonyl (C=O) groups is 1. The van der Waals surface area contributed by atoms with E-state index in [0.29, 0.717) is 12.5 Å². The van der Waals surface area contributed by atoms with Gasteiger partial charge in [-0.2, -0.15) is 0 Å². The van der Waals surface area contributed by atoms with Gasteiger partial charge in [-0.3, -0.25) is 4.79 Å². The van der Waals surface area contributed by atoms with Crippen LogP contribution in [0.15, 0.2) is 0 Å². The number of esters is 1. The monoisotopic (exact) mass is 229 g/mol. The summed E-state index contributed by atoms with van der Waals surface area (Å²) in [7, 11) is 1.41. The van der Waals surface area contributed by atoms with Crippen molar-refractivity contribution >= 4 is 5.97 Å². The lowest BCUT2D eigenvalue weighted by molar-refractivity contribution is -0.154. The number of rotatable bonds is 5. The maximum atomic E-state index is 11.4. The highest BCUT2D eigenvalue weighted by molar-refractivity contribution is 5.75. The Bertz CT molecular complexity index is 222. The third kappa shape index (κ3) is 4.10. The SMILES string of the molecule is COC(=O)C(C)(C)COCC1CCCNC1. The molecular formula is C12H23NO3. The molecule has 1 rings (SSSR count). The van der Waals surface area contributed by atoms with Gasteiger partial charge in [0.2, 0.25) is 0 Å². The van der Waals surface area contributed by atoms with Crippen LogP contribution in [0.1, 0.15) is 26.7 Å². The van der Waals surface area contributed by atoms with E-state index in [1.54, 1.807) is 0 Å². The lowest BCUT2D eigenvalue weighted by Crippen LogP contribution is -2.35. The average molecular weight is 229 g/mol. The summed E-state index contributed by atoms with van der Waals surface area (Å²) in [6.45, 7) is 6.99. The Hall–Kier alpha value is -0.610. The molecule has 0 aromatic heterocycles. The number of nitrogens with one attached hydrogen (secondary N) is 1. The van der Waals surface area contributed by atoms with Crippen molar-refractivity contribution in [2.24, 2.45) is 11.3 Å². The molecule has 16 heavy (non-hydrogen) atoms. The highest BCUT2D eigenvalue weighted by atomic mass is 16.5. The first-order valence-electron chi connectivity index (χ1n) is 5.93. The Labute approximate surface area is 97.7 Å². The molecular weight excluding hydrogens is 206 g/mol. The lowest BCUT2D eigenvalue weighted by Gasteiger charge is -2.25. The lowest BCUT2D eigenvalue weighted by atomic mass is 9.95. The van der Waals surface area contributed by atoms with Gasteiger partial charge in [0.05, 0.1) is 25.7 Å². The van der Waals surface area contributed by atoms with Crippen molar-refractivity contribution in [3.8, 4) is 0 Å². The van der Waals surface area contributed by atoms with Crippen LogP contribution in [0, 0.1) is 11.3 Å². The van der Waals surface area contributed by atoms with Crippen LogP contribution in [0.25, 0.3) is 0 Å². The van der Waals surface area contributed by atoms with E-state index < -0.39 is 5.41 Å². The van der Waals surface area contributed by atoms with Crippen molar-refractivity contribution in [2.45, 2.75) is 26.7 Å². The minimum atomic E-state index is -0.545. The molecule has 1 saturated heterocycles. The first-order valence-corrected chi connectivity index (χ1v) is 5.93. The van der Waals surface area contributed by atoms with E-state index in [1.165, 1.54) is 20.0 Å². The third-order valence-corrected chi connectivity index (χ3v) is 2.95. The number of piperidine rings is 1. The largest absolute Gasteiger partial charge is 0.469 e. The van der Waals surface area contributed by atoms with Crippen LogP contribution < -0.4 is 5.32 Å². The molecule has 1 atom stereocenters. The molecule has 0 amide bonds. The second-order valence-corrected chi connectivity index (χ2v) is 5.10. The zero-order chi connectivity index (χ0) is 12.0. The summed E-state index contributed by atoms with van der Waals surface area (Å²) >= 11 is 0. The summed E-state index contributed by atoms with van der Waals surface area (Å²) in [5, 5.41) is 3.34. The van der Waals surface area contributed by atoms with Gasteiger partial charge in [0.25, 0.3) is 0 Å². The van der Waals surface area contributed by atoms with Gasteiger partial charge in [0.1, 0.15) is 0 Å². The highest BCUT2D eigenvalue weighted by Gasteiger charge is 2.29. The van der Waals surface area contributed by atoms with Gasteiger partial charge in [0, 0.05) is 6.54 Å². The molecule has 1 N–H and O–H groups in total. The summed E-state index contributed by atoms with van der Waals surface area (Å²) in [5.41, 5.74) is -0.545. The van der Waals surface area contributed by atoms with Crippen LogP contribution in [-0.2, 0) is 14.3 Å². The van der Waals surface area contributed by atoms with E-state index in [1.807, 2.05) is 13.8 Å². The maximum absolute atomic E-state index is 11.4. The second-order valence-electron chi connectivity index (χ2n) is 5.10. The summed E-state index contributed by atoms with van der Waals surface area (Å²) in [6, 6.07) is 0. The van der Waals surface area contributed by atoms with Gasteiger partial charge in [-0.05, 0) is 39.2 Å². The van der Waals surface area contributed by atoms with E-state index >= 15 is 0 Å². The zero-order valence-corrected chi connectivity index (χ0v) is 10.5. The van der Waals surface area contributed by atoms with Crippen molar-refractivity contribution in [3.63, 3.8) is 0 Å². The van der Waals surface area contributed by atoms with Gasteiger partial charge < -0.3 is 14.8 Å². The number of hydrogen-bond donors (Lipinski definition) is 1. The molecule has 0 spiro atoms. The van der Waals surface area contributed by atoms with E-state index in [2.05, 4.69) is 5.32 Å². The summed E-state index contributed by atoms with van der Waals surface area (Å²) in [4.78, 5) is 11.4. The van der Waals surface area contributed by atoms with E-state index in [-0.39, 0.29) is 5.97 Å². The molecule has 0 radical (unpaired) electrons. The molecule has 1 fully saturated rings. The molecule has 1 unspecified atom stereocenters. The molecule has 4 nitrogen and oxygen atoms in total. The van der Waals surface area contributed by atoms with Crippen molar-refractivity contribution in [1.82, 2.24) is 5.32 Å². The number of carbonyl (C=O) groups excluding carboxylic acids is 1. The predicted octanol–water partition coefficient (Wildman–Crippen LogP) is 1.20. The fourth-order valence-electron chi connectivity index (χ4n) is 1.88. The Kier molecular flexibility index (Phi) is 5.22. The summed E-state index contributed by atoms with van der Waals surface area (Å²) < 4.78 is 10.3. The smallest absolute Gasteiger partial charge is 0.313 e. The standard InChI is InChI=1S/C12H23NO3/c1-12(2,11(14)15-3)9-16-8-10-5-4-6-13-7-10/h10,13H,4-9H2,1-3H3. The van der Waals surface area contributed by atoms with Crippen LogP contribution >= 0.6 is 0 Å². The van der Waals surface area contributed by atoms with Crippen LogP contribution in [0.5, 0.6) is 0 Å². The molecule has 0 aromatic carbocycles. The Morgan fingerprint density at radius 2 is 2.25 bits per heavy atom. The molecule has 0 aliphatic carbocycles. The predicted molar refractivity (Wildman–Crippen MR) is 62.2 cm³/mol. The second kappa shape index (κ2) is 6.21. The maximum Gasteiger partial charge on any atom is 0.313 e. The molecule has 1 aliphatic rings. The summed E-state index contributed by atoms with van der Waals surface area (Å²) in [5.74, 6) is 0.372. The van der Waals surface area contributed by atoms with Gasteiger partial charge in [-0.1, -0.05) is 0 Å². The zero-order valence-electron chi connectivity index (χ0n) is 10.5. The van der Waals surface area contributed by atoms with Crippen LogP contribution in [0.3, 0.4) is 0 Å². The van der Waals surface area contributed by atoms with Gasteiger partial charge in [-0.15, -0.1) is 0 Å². The van der Waals surface area contributed by atoms with Crippen molar-refractivity contribution in [3.05, 3.63) is 0 Å². The molecule has 1 heterocycles.